The Balaban J connectivity index is 2.83. The molecule has 0 bridgehead atoms. The van der Waals surface area contributed by atoms with Crippen molar-refractivity contribution >= 4 is 0 Å². The summed E-state index contributed by atoms with van der Waals surface area (Å²) in [4.78, 5) is 0. The van der Waals surface area contributed by atoms with Crippen molar-refractivity contribution in [3.8, 4) is 5.75 Å². The van der Waals surface area contributed by atoms with Gasteiger partial charge in [0.15, 0.2) is 0 Å². The summed E-state index contributed by atoms with van der Waals surface area (Å²) in [6.45, 7) is 3.68. The van der Waals surface area contributed by atoms with Crippen LogP contribution in [0.15, 0.2) is 36.9 Å². The maximum Gasteiger partial charge on any atom is 0.118 e. The van der Waals surface area contributed by atoms with E-state index in [9.17, 15) is 0 Å². The van der Waals surface area contributed by atoms with E-state index in [-0.39, 0.29) is 6.04 Å². The molecule has 3 heteroatoms. The summed E-state index contributed by atoms with van der Waals surface area (Å²) >= 11 is 0. The third-order valence-corrected chi connectivity index (χ3v) is 1.89. The summed E-state index contributed by atoms with van der Waals surface area (Å²) < 4.78 is 5.04. The van der Waals surface area contributed by atoms with E-state index in [1.165, 1.54) is 0 Å². The maximum absolute atomic E-state index is 5.33. The minimum Gasteiger partial charge on any atom is -0.497 e. The van der Waals surface area contributed by atoms with Gasteiger partial charge in [0, 0.05) is 0 Å². The number of ether oxygens (including phenoxy) is 1. The van der Waals surface area contributed by atoms with Crippen LogP contribution in [-0.4, -0.2) is 7.11 Å². The molecule has 1 rings (SSSR count). The Morgan fingerprint density at radius 1 is 1.46 bits per heavy atom. The van der Waals surface area contributed by atoms with Gasteiger partial charge in [0.05, 0.1) is 13.2 Å². The molecule has 70 valence electrons. The first-order chi connectivity index (χ1) is 6.31. The van der Waals surface area contributed by atoms with E-state index >= 15 is 0 Å². The lowest BCUT2D eigenvalue weighted by Crippen LogP contribution is -2.26. The van der Waals surface area contributed by atoms with Gasteiger partial charge in [-0.15, -0.1) is 6.58 Å². The van der Waals surface area contributed by atoms with Gasteiger partial charge in [0.1, 0.15) is 5.75 Å². The SMILES string of the molecule is C=CC(NN)c1ccc(OC)cc1. The Hall–Kier alpha value is -1.32. The zero-order valence-corrected chi connectivity index (χ0v) is 7.66. The van der Waals surface area contributed by atoms with Crippen LogP contribution in [0.25, 0.3) is 0 Å². The van der Waals surface area contributed by atoms with Crippen LogP contribution in [-0.2, 0) is 0 Å². The van der Waals surface area contributed by atoms with Crippen LogP contribution in [0, 0.1) is 0 Å². The van der Waals surface area contributed by atoms with Crippen LogP contribution in [0.3, 0.4) is 0 Å². The number of nitrogens with two attached hydrogens (primary N) is 1. The second kappa shape index (κ2) is 4.64. The van der Waals surface area contributed by atoms with Crippen molar-refractivity contribution < 1.29 is 4.74 Å². The molecule has 0 saturated carbocycles. The lowest BCUT2D eigenvalue weighted by Gasteiger charge is -2.11. The molecule has 1 unspecified atom stereocenters. The van der Waals surface area contributed by atoms with Crippen molar-refractivity contribution in [2.45, 2.75) is 6.04 Å². The number of hydrazine groups is 1. The van der Waals surface area contributed by atoms with Crippen molar-refractivity contribution in [2.75, 3.05) is 7.11 Å². The molecule has 1 aromatic rings. The Morgan fingerprint density at radius 2 is 2.08 bits per heavy atom. The van der Waals surface area contributed by atoms with E-state index in [4.69, 9.17) is 10.6 Å². The molecule has 3 nitrogen and oxygen atoms in total. The number of hydrogen-bond donors (Lipinski definition) is 2. The Bertz CT molecular complexity index is 269. The van der Waals surface area contributed by atoms with Gasteiger partial charge < -0.3 is 4.74 Å². The second-order valence-corrected chi connectivity index (χ2v) is 2.65. The van der Waals surface area contributed by atoms with Crippen LogP contribution in [0.1, 0.15) is 11.6 Å². The van der Waals surface area contributed by atoms with Crippen molar-refractivity contribution in [3.05, 3.63) is 42.5 Å². The highest BCUT2D eigenvalue weighted by Crippen LogP contribution is 2.17. The molecule has 0 spiro atoms. The fourth-order valence-electron chi connectivity index (χ4n) is 1.11. The number of methoxy groups -OCH3 is 1. The molecule has 0 saturated heterocycles. The number of benzene rings is 1. The molecule has 0 radical (unpaired) electrons. The standard InChI is InChI=1S/C10H14N2O/c1-3-10(12-11)8-4-6-9(13-2)7-5-8/h3-7,10,12H,1,11H2,2H3. The second-order valence-electron chi connectivity index (χ2n) is 2.65. The normalized spacial score (nSPS) is 12.2. The molecule has 0 aromatic heterocycles. The third-order valence-electron chi connectivity index (χ3n) is 1.89. The van der Waals surface area contributed by atoms with Crippen LogP contribution in [0.5, 0.6) is 5.75 Å². The van der Waals surface area contributed by atoms with Crippen molar-refractivity contribution in [3.63, 3.8) is 0 Å². The Morgan fingerprint density at radius 3 is 2.46 bits per heavy atom. The molecular formula is C10H14N2O. The lowest BCUT2D eigenvalue weighted by atomic mass is 10.1. The van der Waals surface area contributed by atoms with Gasteiger partial charge in [-0.1, -0.05) is 18.2 Å². The molecule has 0 aliphatic heterocycles. The van der Waals surface area contributed by atoms with Gasteiger partial charge in [-0.25, -0.2) is 5.43 Å². The molecular weight excluding hydrogens is 164 g/mol. The Labute approximate surface area is 78.2 Å². The van der Waals surface area contributed by atoms with E-state index in [2.05, 4.69) is 12.0 Å². The van der Waals surface area contributed by atoms with Crippen molar-refractivity contribution in [1.82, 2.24) is 5.43 Å². The highest BCUT2D eigenvalue weighted by atomic mass is 16.5. The minimum absolute atomic E-state index is 0.00842. The smallest absolute Gasteiger partial charge is 0.118 e. The quantitative estimate of drug-likeness (QED) is 0.416. The topological polar surface area (TPSA) is 47.3 Å². The fourth-order valence-corrected chi connectivity index (χ4v) is 1.11. The monoisotopic (exact) mass is 178 g/mol. The molecule has 0 heterocycles. The molecule has 3 N–H and O–H groups in total. The average Bonchev–Trinajstić information content (AvgIpc) is 2.21. The maximum atomic E-state index is 5.33. The van der Waals surface area contributed by atoms with Gasteiger partial charge >= 0.3 is 0 Å². The highest BCUT2D eigenvalue weighted by molar-refractivity contribution is 5.30. The zero-order chi connectivity index (χ0) is 9.68. The van der Waals surface area contributed by atoms with E-state index in [1.54, 1.807) is 13.2 Å². The fraction of sp³-hybridized carbons (Fsp3) is 0.200. The van der Waals surface area contributed by atoms with Crippen LogP contribution in [0.2, 0.25) is 0 Å². The van der Waals surface area contributed by atoms with E-state index < -0.39 is 0 Å². The summed E-state index contributed by atoms with van der Waals surface area (Å²) in [5, 5.41) is 0. The number of hydrogen-bond acceptors (Lipinski definition) is 3. The van der Waals surface area contributed by atoms with Gasteiger partial charge in [-0.3, -0.25) is 5.84 Å². The van der Waals surface area contributed by atoms with E-state index in [0.717, 1.165) is 11.3 Å². The van der Waals surface area contributed by atoms with E-state index in [0.29, 0.717) is 0 Å². The summed E-state index contributed by atoms with van der Waals surface area (Å²) in [5.74, 6) is 6.17. The van der Waals surface area contributed by atoms with Crippen LogP contribution < -0.4 is 16.0 Å². The predicted molar refractivity (Wildman–Crippen MR) is 53.3 cm³/mol. The zero-order valence-electron chi connectivity index (χ0n) is 7.66. The molecule has 0 aliphatic carbocycles. The minimum atomic E-state index is -0.00842. The molecule has 1 atom stereocenters. The predicted octanol–water partition coefficient (Wildman–Crippen LogP) is 1.39. The van der Waals surface area contributed by atoms with Gasteiger partial charge in [-0.05, 0) is 17.7 Å². The van der Waals surface area contributed by atoms with Crippen LogP contribution in [0.4, 0.5) is 0 Å². The van der Waals surface area contributed by atoms with Gasteiger partial charge in [-0.2, -0.15) is 0 Å². The third kappa shape index (κ3) is 2.31. The van der Waals surface area contributed by atoms with Crippen LogP contribution >= 0.6 is 0 Å². The number of rotatable bonds is 4. The first-order valence-corrected chi connectivity index (χ1v) is 4.04. The first kappa shape index (κ1) is 9.77. The summed E-state index contributed by atoms with van der Waals surface area (Å²) in [6, 6.07) is 7.67. The van der Waals surface area contributed by atoms with Crippen molar-refractivity contribution in [2.24, 2.45) is 5.84 Å². The molecule has 13 heavy (non-hydrogen) atoms. The molecule has 0 fully saturated rings. The first-order valence-electron chi connectivity index (χ1n) is 4.04. The van der Waals surface area contributed by atoms with E-state index in [1.807, 2.05) is 24.3 Å². The Kier molecular flexibility index (Phi) is 3.49. The highest BCUT2D eigenvalue weighted by Gasteiger charge is 2.03. The molecule has 1 aromatic carbocycles. The summed E-state index contributed by atoms with van der Waals surface area (Å²) in [5.41, 5.74) is 3.71. The number of nitrogens with one attached hydrogen (secondary N) is 1. The lowest BCUT2D eigenvalue weighted by molar-refractivity contribution is 0.414. The van der Waals surface area contributed by atoms with Gasteiger partial charge in [0.2, 0.25) is 0 Å². The van der Waals surface area contributed by atoms with Gasteiger partial charge in [0.25, 0.3) is 0 Å². The average molecular weight is 178 g/mol. The largest absolute Gasteiger partial charge is 0.497 e. The molecule has 0 amide bonds. The van der Waals surface area contributed by atoms with Crippen molar-refractivity contribution in [1.29, 1.82) is 0 Å². The summed E-state index contributed by atoms with van der Waals surface area (Å²) in [6.07, 6.45) is 1.75. The molecule has 0 aliphatic rings. The summed E-state index contributed by atoms with van der Waals surface area (Å²) in [7, 11) is 1.64.